The van der Waals surface area contributed by atoms with Crippen molar-refractivity contribution in [3.63, 3.8) is 0 Å². The molecule has 0 aliphatic rings. The van der Waals surface area contributed by atoms with Crippen molar-refractivity contribution in [2.45, 2.75) is 0 Å². The molecule has 6 nitrogen and oxygen atoms in total. The lowest BCUT2D eigenvalue weighted by Crippen LogP contribution is -2.11. The molecule has 0 aliphatic heterocycles. The molecule has 4 aromatic heterocycles. The van der Waals surface area contributed by atoms with Crippen molar-refractivity contribution in [3.05, 3.63) is 510 Å². The van der Waals surface area contributed by atoms with Crippen LogP contribution in [0.1, 0.15) is 0 Å². The van der Waals surface area contributed by atoms with Crippen molar-refractivity contribution in [2.24, 2.45) is 0 Å². The summed E-state index contributed by atoms with van der Waals surface area (Å²) < 4.78 is 17.5. The molecule has 26 rings (SSSR count). The number of hydrogen-bond acceptors (Lipinski definition) is 4. The summed E-state index contributed by atoms with van der Waals surface area (Å²) in [4.78, 5) is 4.80. The van der Waals surface area contributed by atoms with E-state index in [1.807, 2.05) is 12.1 Å². The van der Waals surface area contributed by atoms with E-state index in [4.69, 9.17) is 8.83 Å². The van der Waals surface area contributed by atoms with Crippen LogP contribution in [-0.4, -0.2) is 9.13 Å². The van der Waals surface area contributed by atoms with Crippen molar-refractivity contribution in [1.82, 2.24) is 9.13 Å². The Hall–Kier alpha value is -17.8. The lowest BCUT2D eigenvalue weighted by atomic mass is 9.95. The second kappa shape index (κ2) is 33.3. The van der Waals surface area contributed by atoms with E-state index in [1.165, 1.54) is 115 Å². The Morgan fingerprint density at radius 3 is 0.851 bits per heavy atom. The monoisotopic (exact) mass is 1710 g/mol. The van der Waals surface area contributed by atoms with Gasteiger partial charge in [-0.15, -0.1) is 0 Å². The van der Waals surface area contributed by atoms with Gasteiger partial charge < -0.3 is 27.8 Å². The van der Waals surface area contributed by atoms with Crippen LogP contribution in [0, 0.1) is 0 Å². The number of fused-ring (bicyclic) bond motifs is 14. The normalized spacial score (nSPS) is 11.6. The molecular formula is C128H84N4O2. The van der Waals surface area contributed by atoms with Crippen LogP contribution >= 0.6 is 0 Å². The molecule has 0 bridgehead atoms. The zero-order valence-corrected chi connectivity index (χ0v) is 73.1. The summed E-state index contributed by atoms with van der Waals surface area (Å²) in [6.45, 7) is 0. The summed E-state index contributed by atoms with van der Waals surface area (Å²) in [6.07, 6.45) is 0. The number of anilines is 6. The first-order valence-electron chi connectivity index (χ1n) is 45.8. The Labute approximate surface area is 775 Å². The van der Waals surface area contributed by atoms with Crippen LogP contribution in [0.3, 0.4) is 0 Å². The van der Waals surface area contributed by atoms with Gasteiger partial charge in [0.25, 0.3) is 0 Å². The standard InChI is InChI=1S/2C64H42N2O/c1-2-21-52-45(15-1)16-13-26-53(52)48-19-12-20-51(42-48)65(59-28-7-5-24-56(59)57-27-14-32-63-64(57)58-25-6-10-31-62(58)67-63)49-37-33-43(34-38-49)46-17-11-18-47(41-46)44-35-39-50(40-36-44)66-60-29-8-3-22-54(60)55-23-4-9-30-61(55)66;1-2-18-52-45(14-1)15-12-23-53(52)46-34-40-50(41-35-46)65(59-25-7-5-21-56(59)57-24-13-29-63-64(57)58-22-6-10-28-62(58)67-63)49-36-30-43(31-37-49)47-16-11-17-48(42-47)44-32-38-51(39-33-44)66-60-26-8-3-19-54(60)55-20-4-9-27-61(55)66/h2*1-42H. The summed E-state index contributed by atoms with van der Waals surface area (Å²) in [5.74, 6) is 0. The van der Waals surface area contributed by atoms with Gasteiger partial charge in [-0.3, -0.25) is 0 Å². The van der Waals surface area contributed by atoms with E-state index in [2.05, 4.69) is 516 Å². The third-order valence-corrected chi connectivity index (χ3v) is 26.8. The van der Waals surface area contributed by atoms with Gasteiger partial charge in [0, 0.05) is 88.3 Å². The number of benzene rings is 22. The van der Waals surface area contributed by atoms with Gasteiger partial charge in [0.15, 0.2) is 0 Å². The maximum atomic E-state index is 6.41. The highest BCUT2D eigenvalue weighted by molar-refractivity contribution is 6.17. The molecule has 0 fully saturated rings. The Kier molecular flexibility index (Phi) is 19.5. The molecule has 0 saturated heterocycles. The van der Waals surface area contributed by atoms with Gasteiger partial charge in [-0.25, -0.2) is 0 Å². The van der Waals surface area contributed by atoms with Gasteiger partial charge >= 0.3 is 0 Å². The highest BCUT2D eigenvalue weighted by Gasteiger charge is 2.26. The smallest absolute Gasteiger partial charge is 0.136 e. The van der Waals surface area contributed by atoms with Gasteiger partial charge in [0.1, 0.15) is 22.3 Å². The van der Waals surface area contributed by atoms with Crippen molar-refractivity contribution in [1.29, 1.82) is 0 Å². The van der Waals surface area contributed by atoms with E-state index < -0.39 is 0 Å². The zero-order valence-electron chi connectivity index (χ0n) is 73.1. The van der Waals surface area contributed by atoms with Gasteiger partial charge in [-0.1, -0.05) is 364 Å². The molecule has 26 aromatic rings. The first-order valence-corrected chi connectivity index (χ1v) is 45.8. The van der Waals surface area contributed by atoms with Crippen molar-refractivity contribution >= 4 is 143 Å². The topological polar surface area (TPSA) is 42.6 Å². The predicted molar refractivity (Wildman–Crippen MR) is 564 cm³/mol. The number of hydrogen-bond donors (Lipinski definition) is 0. The average molecular weight is 1710 g/mol. The lowest BCUT2D eigenvalue weighted by molar-refractivity contribution is 0.668. The highest BCUT2D eigenvalue weighted by Crippen LogP contribution is 2.50. The predicted octanol–water partition coefficient (Wildman–Crippen LogP) is 35.9. The lowest BCUT2D eigenvalue weighted by Gasteiger charge is -2.28. The van der Waals surface area contributed by atoms with Crippen LogP contribution in [-0.2, 0) is 0 Å². The van der Waals surface area contributed by atoms with Crippen molar-refractivity contribution < 1.29 is 8.83 Å². The minimum Gasteiger partial charge on any atom is -0.456 e. The van der Waals surface area contributed by atoms with E-state index >= 15 is 0 Å². The van der Waals surface area contributed by atoms with E-state index in [0.29, 0.717) is 0 Å². The molecule has 22 aromatic carbocycles. The fraction of sp³-hybridized carbons (Fsp3) is 0. The zero-order chi connectivity index (χ0) is 88.5. The maximum absolute atomic E-state index is 6.41. The minimum atomic E-state index is 0.878. The number of rotatable bonds is 16. The highest BCUT2D eigenvalue weighted by atomic mass is 16.3. The van der Waals surface area contributed by atoms with Crippen LogP contribution in [0.2, 0.25) is 0 Å². The molecule has 0 aliphatic carbocycles. The Balaban J connectivity index is 0.000000143. The van der Waals surface area contributed by atoms with Gasteiger partial charge in [0.05, 0.1) is 33.4 Å². The third-order valence-electron chi connectivity index (χ3n) is 26.8. The van der Waals surface area contributed by atoms with Gasteiger partial charge in [-0.05, 0) is 245 Å². The van der Waals surface area contributed by atoms with Crippen LogP contribution in [0.5, 0.6) is 0 Å². The van der Waals surface area contributed by atoms with Crippen LogP contribution in [0.15, 0.2) is 518 Å². The third kappa shape index (κ3) is 13.9. The Bertz CT molecular complexity index is 8890. The minimum absolute atomic E-state index is 0.878. The number of para-hydroxylation sites is 8. The fourth-order valence-electron chi connectivity index (χ4n) is 20.6. The molecule has 0 spiro atoms. The molecule has 0 amide bonds. The maximum Gasteiger partial charge on any atom is 0.136 e. The second-order valence-electron chi connectivity index (χ2n) is 34.5. The van der Waals surface area contributed by atoms with Crippen LogP contribution in [0.4, 0.5) is 34.1 Å². The van der Waals surface area contributed by atoms with E-state index in [1.54, 1.807) is 0 Å². The molecule has 4 heterocycles. The summed E-state index contributed by atoms with van der Waals surface area (Å²) in [7, 11) is 0. The molecule has 0 radical (unpaired) electrons. The summed E-state index contributed by atoms with van der Waals surface area (Å²) >= 11 is 0. The Morgan fingerprint density at radius 1 is 0.157 bits per heavy atom. The number of aromatic nitrogens is 2. The van der Waals surface area contributed by atoms with Crippen molar-refractivity contribution in [2.75, 3.05) is 9.80 Å². The molecule has 0 unspecified atom stereocenters. The van der Waals surface area contributed by atoms with Crippen molar-refractivity contribution in [3.8, 4) is 100 Å². The van der Waals surface area contributed by atoms with Crippen LogP contribution < -0.4 is 9.80 Å². The quantitative estimate of drug-likeness (QED) is 0.0967. The fourth-order valence-corrected chi connectivity index (χ4v) is 20.6. The molecule has 0 saturated carbocycles. The van der Waals surface area contributed by atoms with E-state index in [9.17, 15) is 0 Å². The molecule has 0 atom stereocenters. The summed E-state index contributed by atoms with van der Waals surface area (Å²) in [5.41, 5.74) is 35.7. The molecular weight excluding hydrogens is 1630 g/mol. The first kappa shape index (κ1) is 78.4. The largest absolute Gasteiger partial charge is 0.456 e. The van der Waals surface area contributed by atoms with E-state index in [-0.39, 0.29) is 0 Å². The summed E-state index contributed by atoms with van der Waals surface area (Å²) in [5, 5.41) is 14.5. The molecule has 6 heteroatoms. The van der Waals surface area contributed by atoms with E-state index in [0.717, 1.165) is 128 Å². The second-order valence-corrected chi connectivity index (χ2v) is 34.5. The van der Waals surface area contributed by atoms with Gasteiger partial charge in [0.2, 0.25) is 0 Å². The van der Waals surface area contributed by atoms with Gasteiger partial charge in [-0.2, -0.15) is 0 Å². The first-order chi connectivity index (χ1) is 66.5. The number of furan rings is 2. The average Bonchev–Trinajstić information content (AvgIpc) is 1.55. The number of nitrogens with zero attached hydrogens (tertiary/aromatic N) is 4. The Morgan fingerprint density at radius 2 is 0.433 bits per heavy atom. The SMILES string of the molecule is c1cc(-c2ccc(N(c3ccc(-c4cccc5ccccc45)cc3)c3ccccc3-c3cccc4oc5ccccc5c34)cc2)cc(-c2ccc(-n3c4ccccc4c4ccccc43)cc2)c1.c1cc(-c2ccc(N(c3cccc(-c4cccc5ccccc45)c3)c3ccccc3-c3cccc4oc5ccccc5c34)cc2)cc(-c2ccc(-n3c4ccccc4c4ccccc43)cc2)c1. The summed E-state index contributed by atoms with van der Waals surface area (Å²) in [6, 6.07) is 184. The molecule has 0 N–H and O–H groups in total. The molecule has 628 valence electrons. The molecule has 134 heavy (non-hydrogen) atoms. The van der Waals surface area contributed by atoms with Crippen LogP contribution in [0.25, 0.3) is 209 Å².